The number of carbonyl (C=O) groups is 1. The van der Waals surface area contributed by atoms with Gasteiger partial charge >= 0.3 is 6.01 Å². The molecule has 1 unspecified atom stereocenters. The van der Waals surface area contributed by atoms with Crippen LogP contribution >= 0.6 is 11.6 Å². The van der Waals surface area contributed by atoms with E-state index in [2.05, 4.69) is 15.5 Å². The molecule has 0 spiro atoms. The van der Waals surface area contributed by atoms with Crippen molar-refractivity contribution in [3.8, 4) is 11.5 Å². The molecule has 1 N–H and O–H groups in total. The number of amides is 1. The van der Waals surface area contributed by atoms with E-state index in [9.17, 15) is 13.2 Å². The molecule has 4 rings (SSSR count). The van der Waals surface area contributed by atoms with Crippen molar-refractivity contribution in [2.75, 3.05) is 11.9 Å². The lowest BCUT2D eigenvalue weighted by Gasteiger charge is -2.22. The molecule has 1 aliphatic rings. The van der Waals surface area contributed by atoms with Crippen LogP contribution in [0.1, 0.15) is 24.0 Å². The molecule has 1 saturated heterocycles. The molecule has 1 aliphatic heterocycles. The van der Waals surface area contributed by atoms with Crippen molar-refractivity contribution in [3.05, 3.63) is 58.6 Å². The summed E-state index contributed by atoms with van der Waals surface area (Å²) in [6.45, 7) is 4.17. The molecule has 0 aliphatic carbocycles. The van der Waals surface area contributed by atoms with Crippen LogP contribution in [0.4, 0.5) is 6.01 Å². The summed E-state index contributed by atoms with van der Waals surface area (Å²) in [5.74, 6) is -0.226. The zero-order chi connectivity index (χ0) is 22.2. The van der Waals surface area contributed by atoms with Gasteiger partial charge in [0.15, 0.2) is 0 Å². The number of halogens is 1. The number of carbonyl (C=O) groups excluding carboxylic acids is 1. The fourth-order valence-corrected chi connectivity index (χ4v) is 5.44. The van der Waals surface area contributed by atoms with Gasteiger partial charge in [-0.25, -0.2) is 8.42 Å². The predicted molar refractivity (Wildman–Crippen MR) is 116 cm³/mol. The van der Waals surface area contributed by atoms with Crippen molar-refractivity contribution in [1.82, 2.24) is 14.5 Å². The molecule has 0 bridgehead atoms. The van der Waals surface area contributed by atoms with Crippen molar-refractivity contribution in [1.29, 1.82) is 0 Å². The molecule has 162 valence electrons. The first-order valence-electron chi connectivity index (χ1n) is 9.75. The van der Waals surface area contributed by atoms with Gasteiger partial charge in [0.25, 0.3) is 0 Å². The number of nitrogens with one attached hydrogen (secondary N) is 1. The molecule has 0 radical (unpaired) electrons. The molecule has 10 heteroatoms. The Balaban J connectivity index is 1.52. The van der Waals surface area contributed by atoms with Crippen molar-refractivity contribution in [2.45, 2.75) is 37.6 Å². The summed E-state index contributed by atoms with van der Waals surface area (Å²) in [6.07, 6.45) is 0.971. The summed E-state index contributed by atoms with van der Waals surface area (Å²) in [4.78, 5) is 12.9. The molecule has 1 amide bonds. The monoisotopic (exact) mass is 460 g/mol. The SMILES string of the molecule is Cc1ccc(-c2nnc(NC(=O)C3CCCN3S(=O)(=O)c3ccc(Cl)cc3)o2)c(C)c1. The number of aromatic nitrogens is 2. The van der Waals surface area contributed by atoms with Crippen LogP contribution in [0, 0.1) is 13.8 Å². The minimum atomic E-state index is -3.84. The molecule has 0 saturated carbocycles. The zero-order valence-electron chi connectivity index (χ0n) is 17.0. The highest BCUT2D eigenvalue weighted by Gasteiger charge is 2.39. The largest absolute Gasteiger partial charge is 0.403 e. The minimum Gasteiger partial charge on any atom is -0.403 e. The number of anilines is 1. The lowest BCUT2D eigenvalue weighted by atomic mass is 10.1. The van der Waals surface area contributed by atoms with E-state index in [1.54, 1.807) is 0 Å². The van der Waals surface area contributed by atoms with E-state index in [4.69, 9.17) is 16.0 Å². The van der Waals surface area contributed by atoms with Crippen molar-refractivity contribution in [3.63, 3.8) is 0 Å². The topological polar surface area (TPSA) is 105 Å². The molecule has 1 aromatic heterocycles. The Kier molecular flexibility index (Phi) is 5.83. The van der Waals surface area contributed by atoms with Gasteiger partial charge in [0.1, 0.15) is 6.04 Å². The van der Waals surface area contributed by atoms with E-state index in [0.717, 1.165) is 16.7 Å². The zero-order valence-corrected chi connectivity index (χ0v) is 18.6. The lowest BCUT2D eigenvalue weighted by Crippen LogP contribution is -2.43. The van der Waals surface area contributed by atoms with Gasteiger partial charge in [0.2, 0.25) is 21.8 Å². The summed E-state index contributed by atoms with van der Waals surface area (Å²) in [7, 11) is -3.84. The average Bonchev–Trinajstić information content (AvgIpc) is 3.38. The number of rotatable bonds is 5. The average molecular weight is 461 g/mol. The molecule has 2 aromatic carbocycles. The normalized spacial score (nSPS) is 17.1. The quantitative estimate of drug-likeness (QED) is 0.620. The number of aryl methyl sites for hydroxylation is 2. The summed E-state index contributed by atoms with van der Waals surface area (Å²) in [5, 5.41) is 10.9. The molecule has 8 nitrogen and oxygen atoms in total. The third-order valence-electron chi connectivity index (χ3n) is 5.19. The number of nitrogens with zero attached hydrogens (tertiary/aromatic N) is 3. The molecule has 31 heavy (non-hydrogen) atoms. The van der Waals surface area contributed by atoms with E-state index < -0.39 is 22.0 Å². The van der Waals surface area contributed by atoms with Crippen LogP contribution in [-0.2, 0) is 14.8 Å². The fraction of sp³-hybridized carbons (Fsp3) is 0.286. The second-order valence-corrected chi connectivity index (χ2v) is 9.77. The number of hydrogen-bond donors (Lipinski definition) is 1. The Labute approximate surface area is 185 Å². The van der Waals surface area contributed by atoms with Gasteiger partial charge in [-0.1, -0.05) is 34.4 Å². The molecule has 2 heterocycles. The maximum atomic E-state index is 13.0. The smallest absolute Gasteiger partial charge is 0.322 e. The summed E-state index contributed by atoms with van der Waals surface area (Å²) in [6, 6.07) is 10.7. The van der Waals surface area contributed by atoms with E-state index in [-0.39, 0.29) is 23.3 Å². The van der Waals surface area contributed by atoms with Gasteiger partial charge in [-0.05, 0) is 62.6 Å². The standard InChI is InChI=1S/C21H21ClN4O4S/c1-13-5-10-17(14(2)12-13)20-24-25-21(30-20)23-19(27)18-4-3-11-26(18)31(28,29)16-8-6-15(22)7-9-16/h5-10,12,18H,3-4,11H2,1-2H3,(H,23,25,27). The van der Waals surface area contributed by atoms with Crippen molar-refractivity contribution >= 4 is 33.5 Å². The van der Waals surface area contributed by atoms with Crippen LogP contribution < -0.4 is 5.32 Å². The first-order chi connectivity index (χ1) is 14.8. The lowest BCUT2D eigenvalue weighted by molar-refractivity contribution is -0.119. The van der Waals surface area contributed by atoms with Gasteiger partial charge < -0.3 is 4.42 Å². The molecule has 1 fully saturated rings. The van der Waals surface area contributed by atoms with Gasteiger partial charge in [0, 0.05) is 17.1 Å². The first kappa shape index (κ1) is 21.5. The van der Waals surface area contributed by atoms with Crippen LogP contribution in [0.15, 0.2) is 51.8 Å². The second-order valence-electron chi connectivity index (χ2n) is 7.45. The Morgan fingerprint density at radius 3 is 2.61 bits per heavy atom. The van der Waals surface area contributed by atoms with E-state index in [1.165, 1.54) is 28.6 Å². The Morgan fingerprint density at radius 2 is 1.90 bits per heavy atom. The maximum absolute atomic E-state index is 13.0. The van der Waals surface area contributed by atoms with Crippen LogP contribution in [-0.4, -0.2) is 41.4 Å². The summed E-state index contributed by atoms with van der Waals surface area (Å²) < 4.78 is 32.8. The van der Waals surface area contributed by atoms with Crippen molar-refractivity contribution in [2.24, 2.45) is 0 Å². The molecule has 1 atom stereocenters. The summed E-state index contributed by atoms with van der Waals surface area (Å²) >= 11 is 5.86. The summed E-state index contributed by atoms with van der Waals surface area (Å²) in [5.41, 5.74) is 2.85. The van der Waals surface area contributed by atoms with E-state index in [0.29, 0.717) is 17.9 Å². The van der Waals surface area contributed by atoms with Gasteiger partial charge in [0.05, 0.1) is 4.90 Å². The maximum Gasteiger partial charge on any atom is 0.322 e. The van der Waals surface area contributed by atoms with Gasteiger partial charge in [-0.15, -0.1) is 5.10 Å². The van der Waals surface area contributed by atoms with Crippen LogP contribution in [0.3, 0.4) is 0 Å². The van der Waals surface area contributed by atoms with Crippen LogP contribution in [0.25, 0.3) is 11.5 Å². The van der Waals surface area contributed by atoms with Gasteiger partial charge in [-0.2, -0.15) is 4.31 Å². The highest BCUT2D eigenvalue weighted by molar-refractivity contribution is 7.89. The molecular weight excluding hydrogens is 440 g/mol. The predicted octanol–water partition coefficient (Wildman–Crippen LogP) is 3.80. The second kappa shape index (κ2) is 8.41. The fourth-order valence-electron chi connectivity index (χ4n) is 3.66. The van der Waals surface area contributed by atoms with E-state index in [1.807, 2.05) is 32.0 Å². The minimum absolute atomic E-state index is 0.0734. The Morgan fingerprint density at radius 1 is 1.16 bits per heavy atom. The van der Waals surface area contributed by atoms with Crippen molar-refractivity contribution < 1.29 is 17.6 Å². The third kappa shape index (κ3) is 4.34. The highest BCUT2D eigenvalue weighted by Crippen LogP contribution is 2.28. The first-order valence-corrected chi connectivity index (χ1v) is 11.6. The van der Waals surface area contributed by atoms with E-state index >= 15 is 0 Å². The molecular formula is C21H21ClN4O4S. The molecule has 3 aromatic rings. The number of hydrogen-bond acceptors (Lipinski definition) is 6. The highest BCUT2D eigenvalue weighted by atomic mass is 35.5. The van der Waals surface area contributed by atoms with Crippen LogP contribution in [0.2, 0.25) is 5.02 Å². The van der Waals surface area contributed by atoms with Gasteiger partial charge in [-0.3, -0.25) is 10.1 Å². The number of benzene rings is 2. The Hall–Kier alpha value is -2.75. The third-order valence-corrected chi connectivity index (χ3v) is 7.37. The Bertz CT molecular complexity index is 1220. The van der Waals surface area contributed by atoms with Crippen LogP contribution in [0.5, 0.6) is 0 Å². The number of sulfonamides is 1.